The Morgan fingerprint density at radius 3 is 2.65 bits per heavy atom. The summed E-state index contributed by atoms with van der Waals surface area (Å²) < 4.78 is 0. The maximum absolute atomic E-state index is 11.4. The van der Waals surface area contributed by atoms with Gasteiger partial charge in [0.05, 0.1) is 6.61 Å². The Balaban J connectivity index is 2.18. The van der Waals surface area contributed by atoms with E-state index in [1.54, 1.807) is 0 Å². The van der Waals surface area contributed by atoms with E-state index in [2.05, 4.69) is 22.1 Å². The van der Waals surface area contributed by atoms with Crippen molar-refractivity contribution in [1.29, 1.82) is 0 Å². The summed E-state index contributed by atoms with van der Waals surface area (Å²) in [5.41, 5.74) is 1.18. The van der Waals surface area contributed by atoms with E-state index in [1.165, 1.54) is 5.57 Å². The van der Waals surface area contributed by atoms with Crippen LogP contribution in [0, 0.1) is 0 Å². The predicted octanol–water partition coefficient (Wildman–Crippen LogP) is 0.318. The summed E-state index contributed by atoms with van der Waals surface area (Å²) in [7, 11) is 0. The van der Waals surface area contributed by atoms with Gasteiger partial charge in [-0.2, -0.15) is 0 Å². The molecule has 5 heteroatoms. The monoisotopic (exact) mass is 241 g/mol. The summed E-state index contributed by atoms with van der Waals surface area (Å²) in [6.07, 6.45) is 1.94. The van der Waals surface area contributed by atoms with E-state index >= 15 is 0 Å². The first kappa shape index (κ1) is 14.0. The van der Waals surface area contributed by atoms with Crippen LogP contribution in [0.25, 0.3) is 0 Å². The number of aliphatic hydroxyl groups is 1. The minimum absolute atomic E-state index is 0.0233. The topological polar surface area (TPSA) is 64.6 Å². The van der Waals surface area contributed by atoms with Crippen molar-refractivity contribution in [1.82, 2.24) is 15.5 Å². The van der Waals surface area contributed by atoms with Gasteiger partial charge in [-0.3, -0.25) is 4.90 Å². The molecule has 0 radical (unpaired) electrons. The molecule has 0 bridgehead atoms. The highest BCUT2D eigenvalue weighted by Gasteiger charge is 2.20. The fourth-order valence-corrected chi connectivity index (χ4v) is 2.02. The van der Waals surface area contributed by atoms with Crippen molar-refractivity contribution in [2.75, 3.05) is 32.8 Å². The van der Waals surface area contributed by atoms with Gasteiger partial charge in [-0.15, -0.1) is 0 Å². The first-order valence-corrected chi connectivity index (χ1v) is 6.13. The van der Waals surface area contributed by atoms with Gasteiger partial charge in [0.25, 0.3) is 0 Å². The first-order chi connectivity index (χ1) is 8.11. The Labute approximate surface area is 103 Å². The van der Waals surface area contributed by atoms with Gasteiger partial charge in [-0.05, 0) is 19.8 Å². The van der Waals surface area contributed by atoms with Crippen LogP contribution < -0.4 is 10.6 Å². The Hall–Kier alpha value is -1.07. The minimum Gasteiger partial charge on any atom is -0.395 e. The number of carbonyl (C=O) groups is 1. The lowest BCUT2D eigenvalue weighted by molar-refractivity contribution is 0.200. The number of hydrogen-bond donors (Lipinski definition) is 3. The lowest BCUT2D eigenvalue weighted by atomic mass is 10.0. The maximum atomic E-state index is 11.4. The second-order valence-electron chi connectivity index (χ2n) is 4.63. The first-order valence-electron chi connectivity index (χ1n) is 6.13. The zero-order valence-electron chi connectivity index (χ0n) is 10.5. The number of amides is 2. The quantitative estimate of drug-likeness (QED) is 0.607. The summed E-state index contributed by atoms with van der Waals surface area (Å²) in [6, 6.07) is 0.0625. The number of nitrogens with zero attached hydrogens (tertiary/aromatic N) is 1. The molecule has 0 unspecified atom stereocenters. The molecule has 0 aromatic heterocycles. The molecule has 17 heavy (non-hydrogen) atoms. The van der Waals surface area contributed by atoms with Gasteiger partial charge in [0.2, 0.25) is 0 Å². The zero-order chi connectivity index (χ0) is 12.7. The van der Waals surface area contributed by atoms with Crippen molar-refractivity contribution in [2.24, 2.45) is 0 Å². The fraction of sp³-hybridized carbons (Fsp3) is 0.750. The van der Waals surface area contributed by atoms with Crippen LogP contribution in [0.5, 0.6) is 0 Å². The normalized spacial score (nSPS) is 17.8. The third kappa shape index (κ3) is 5.70. The summed E-state index contributed by atoms with van der Waals surface area (Å²) in [6.45, 7) is 9.17. The Morgan fingerprint density at radius 1 is 1.47 bits per heavy atom. The molecule has 1 aliphatic rings. The van der Waals surface area contributed by atoms with E-state index in [4.69, 9.17) is 5.11 Å². The van der Waals surface area contributed by atoms with Crippen LogP contribution in [0.15, 0.2) is 12.2 Å². The van der Waals surface area contributed by atoms with Crippen molar-refractivity contribution in [3.8, 4) is 0 Å². The van der Waals surface area contributed by atoms with Crippen LogP contribution >= 0.6 is 0 Å². The number of piperidine rings is 1. The highest BCUT2D eigenvalue weighted by molar-refractivity contribution is 5.74. The molecule has 0 aliphatic carbocycles. The Kier molecular flexibility index (Phi) is 6.00. The van der Waals surface area contributed by atoms with Crippen LogP contribution in [0.1, 0.15) is 19.8 Å². The van der Waals surface area contributed by atoms with Crippen LogP contribution in [-0.4, -0.2) is 54.9 Å². The highest BCUT2D eigenvalue weighted by atomic mass is 16.3. The number of likely N-dealkylation sites (tertiary alicyclic amines) is 1. The number of hydrogen-bond acceptors (Lipinski definition) is 3. The summed E-state index contributed by atoms with van der Waals surface area (Å²) in [5, 5.41) is 14.1. The molecule has 1 heterocycles. The van der Waals surface area contributed by atoms with E-state index in [0.29, 0.717) is 6.54 Å². The Bertz CT molecular complexity index is 260. The van der Waals surface area contributed by atoms with Crippen LogP contribution in [0.4, 0.5) is 4.79 Å². The molecule has 0 aromatic rings. The molecule has 0 spiro atoms. The van der Waals surface area contributed by atoms with Gasteiger partial charge >= 0.3 is 6.03 Å². The third-order valence-corrected chi connectivity index (χ3v) is 2.81. The van der Waals surface area contributed by atoms with E-state index in [9.17, 15) is 4.79 Å². The molecule has 1 rings (SSSR count). The smallest absolute Gasteiger partial charge is 0.315 e. The molecule has 3 N–H and O–H groups in total. The maximum Gasteiger partial charge on any atom is 0.315 e. The number of rotatable bonds is 5. The van der Waals surface area contributed by atoms with Crippen molar-refractivity contribution in [3.05, 3.63) is 12.2 Å². The zero-order valence-corrected chi connectivity index (χ0v) is 10.5. The van der Waals surface area contributed by atoms with Crippen molar-refractivity contribution < 1.29 is 9.90 Å². The minimum atomic E-state index is -0.183. The number of aliphatic hydroxyl groups excluding tert-OH is 1. The molecule has 1 fully saturated rings. The number of nitrogens with one attached hydrogen (secondary N) is 2. The van der Waals surface area contributed by atoms with E-state index in [-0.39, 0.29) is 18.7 Å². The average molecular weight is 241 g/mol. The van der Waals surface area contributed by atoms with Gasteiger partial charge < -0.3 is 15.7 Å². The molecular formula is C12H23N3O2. The van der Waals surface area contributed by atoms with Gasteiger partial charge in [0.15, 0.2) is 0 Å². The molecule has 2 amide bonds. The van der Waals surface area contributed by atoms with Crippen molar-refractivity contribution >= 4 is 6.03 Å². The van der Waals surface area contributed by atoms with Gasteiger partial charge in [0, 0.05) is 32.2 Å². The number of carbonyl (C=O) groups excluding carboxylic acids is 1. The van der Waals surface area contributed by atoms with Gasteiger partial charge in [-0.1, -0.05) is 12.2 Å². The molecule has 0 atom stereocenters. The molecule has 0 aromatic carbocycles. The molecule has 1 aliphatic heterocycles. The van der Waals surface area contributed by atoms with Crippen molar-refractivity contribution in [2.45, 2.75) is 25.8 Å². The number of urea groups is 1. The third-order valence-electron chi connectivity index (χ3n) is 2.81. The SMILES string of the molecule is C=C(C)CN1CCC(NC(=O)NCCO)CC1. The molecular weight excluding hydrogens is 218 g/mol. The Morgan fingerprint density at radius 2 is 2.12 bits per heavy atom. The standard InChI is InChI=1S/C12H23N3O2/c1-10(2)9-15-6-3-11(4-7-15)14-12(17)13-5-8-16/h11,16H,1,3-9H2,2H3,(H2,13,14,17). The van der Waals surface area contributed by atoms with E-state index in [0.717, 1.165) is 32.5 Å². The molecule has 5 nitrogen and oxygen atoms in total. The lowest BCUT2D eigenvalue weighted by Gasteiger charge is -2.32. The van der Waals surface area contributed by atoms with E-state index in [1.807, 2.05) is 6.92 Å². The van der Waals surface area contributed by atoms with Crippen LogP contribution in [0.2, 0.25) is 0 Å². The lowest BCUT2D eigenvalue weighted by Crippen LogP contribution is -2.48. The molecule has 98 valence electrons. The van der Waals surface area contributed by atoms with Crippen LogP contribution in [-0.2, 0) is 0 Å². The average Bonchev–Trinajstić information content (AvgIpc) is 2.28. The van der Waals surface area contributed by atoms with Crippen LogP contribution in [0.3, 0.4) is 0 Å². The van der Waals surface area contributed by atoms with Gasteiger partial charge in [0.1, 0.15) is 0 Å². The highest BCUT2D eigenvalue weighted by Crippen LogP contribution is 2.11. The van der Waals surface area contributed by atoms with E-state index < -0.39 is 0 Å². The van der Waals surface area contributed by atoms with Gasteiger partial charge in [-0.25, -0.2) is 4.79 Å². The molecule has 0 saturated carbocycles. The summed E-state index contributed by atoms with van der Waals surface area (Å²) in [4.78, 5) is 13.7. The second-order valence-corrected chi connectivity index (χ2v) is 4.63. The van der Waals surface area contributed by atoms with Crippen molar-refractivity contribution in [3.63, 3.8) is 0 Å². The second kappa shape index (κ2) is 7.29. The predicted molar refractivity (Wildman–Crippen MR) is 67.9 cm³/mol. The largest absolute Gasteiger partial charge is 0.395 e. The molecule has 1 saturated heterocycles. The summed E-state index contributed by atoms with van der Waals surface area (Å²) >= 11 is 0. The fourth-order valence-electron chi connectivity index (χ4n) is 2.02. The summed E-state index contributed by atoms with van der Waals surface area (Å²) in [5.74, 6) is 0.